The molecule has 1 aliphatic heterocycles. The molecule has 0 aliphatic carbocycles. The predicted octanol–water partition coefficient (Wildman–Crippen LogP) is 1.20. The van der Waals surface area contributed by atoms with Crippen molar-refractivity contribution in [1.29, 1.82) is 0 Å². The van der Waals surface area contributed by atoms with E-state index in [2.05, 4.69) is 5.92 Å². The fourth-order valence-electron chi connectivity index (χ4n) is 1.19. The van der Waals surface area contributed by atoms with E-state index in [1.54, 1.807) is 29.3 Å². The molecule has 0 aromatic carbocycles. The molecule has 1 aliphatic rings. The largest absolute Gasteiger partial charge is 0.284 e. The smallest absolute Gasteiger partial charge is 0.239 e. The van der Waals surface area contributed by atoms with E-state index in [4.69, 9.17) is 6.42 Å². The van der Waals surface area contributed by atoms with E-state index in [0.717, 1.165) is 5.57 Å². The van der Waals surface area contributed by atoms with Gasteiger partial charge in [0.05, 0.1) is 0 Å². The molecule has 12 heavy (non-hydrogen) atoms. The second-order valence-electron chi connectivity index (χ2n) is 3.05. The zero-order chi connectivity index (χ0) is 9.35. The van der Waals surface area contributed by atoms with Crippen molar-refractivity contribution in [3.63, 3.8) is 0 Å². The lowest BCUT2D eigenvalue weighted by molar-refractivity contribution is 0.450. The fourth-order valence-corrected chi connectivity index (χ4v) is 3.15. The molecule has 0 saturated carbocycles. The first-order chi connectivity index (χ1) is 5.50. The van der Waals surface area contributed by atoms with E-state index >= 15 is 0 Å². The number of terminal acetylenes is 1. The zero-order valence-electron chi connectivity index (χ0n) is 7.61. The van der Waals surface area contributed by atoms with Crippen LogP contribution in [0.15, 0.2) is 11.4 Å². The minimum Gasteiger partial charge on any atom is -0.284 e. The number of hydrogen-bond acceptors (Lipinski definition) is 1. The van der Waals surface area contributed by atoms with Crippen LogP contribution in [0.1, 0.15) is 0 Å². The van der Waals surface area contributed by atoms with Gasteiger partial charge >= 0.3 is 0 Å². The Kier molecular flexibility index (Phi) is 2.44. The third-order valence-corrected chi connectivity index (χ3v) is 4.88. The molecule has 0 aromatic rings. The molecule has 0 bridgehead atoms. The van der Waals surface area contributed by atoms with E-state index < -0.39 is 7.44 Å². The molecule has 0 spiro atoms. The third kappa shape index (κ3) is 1.34. The molecule has 0 saturated heterocycles. The second kappa shape index (κ2) is 3.06. The van der Waals surface area contributed by atoms with Crippen LogP contribution in [-0.2, 0) is 4.57 Å². The van der Waals surface area contributed by atoms with Crippen LogP contribution in [0.5, 0.6) is 0 Å². The van der Waals surface area contributed by atoms with Crippen molar-refractivity contribution >= 4 is 7.44 Å². The summed E-state index contributed by atoms with van der Waals surface area (Å²) < 4.78 is 15.6. The normalized spacial score (nSPS) is 30.4. The van der Waals surface area contributed by atoms with Gasteiger partial charge in [0.15, 0.2) is 0 Å². The summed E-state index contributed by atoms with van der Waals surface area (Å²) in [5.41, 5.74) is 0.814. The van der Waals surface area contributed by atoms with Gasteiger partial charge in [-0.15, -0.1) is 6.42 Å². The Hall–Kier alpha value is -0.550. The van der Waals surface area contributed by atoms with E-state index in [1.165, 1.54) is 0 Å². The van der Waals surface area contributed by atoms with Crippen LogP contribution in [0.3, 0.4) is 0 Å². The minimum absolute atomic E-state index is 0.617. The third-order valence-electron chi connectivity index (χ3n) is 1.97. The summed E-state index contributed by atoms with van der Waals surface area (Å²) in [5, 5.41) is 0. The molecular weight excluding hydrogens is 171 g/mol. The molecule has 1 atom stereocenters. The van der Waals surface area contributed by atoms with Gasteiger partial charge in [0.1, 0.15) is 0 Å². The van der Waals surface area contributed by atoms with Gasteiger partial charge in [0.2, 0.25) is 7.44 Å². The molecule has 3 nitrogen and oxygen atoms in total. The van der Waals surface area contributed by atoms with Gasteiger partial charge in [-0.3, -0.25) is 4.57 Å². The van der Waals surface area contributed by atoms with E-state index in [1.807, 2.05) is 7.05 Å². The van der Waals surface area contributed by atoms with Gasteiger partial charge in [0, 0.05) is 17.9 Å². The van der Waals surface area contributed by atoms with E-state index in [9.17, 15) is 4.57 Å². The monoisotopic (exact) mass is 184 g/mol. The van der Waals surface area contributed by atoms with Crippen molar-refractivity contribution < 1.29 is 4.57 Å². The molecule has 1 heterocycles. The summed E-state index contributed by atoms with van der Waals surface area (Å²) in [6.45, 7) is 0.617. The average Bonchev–Trinajstić information content (AvgIpc) is 2.29. The van der Waals surface area contributed by atoms with E-state index in [0.29, 0.717) is 6.54 Å². The van der Waals surface area contributed by atoms with Gasteiger partial charge in [-0.05, 0) is 21.1 Å². The number of likely N-dealkylation sites (N-methyl/N-ethyl adjacent to an activating group) is 1. The molecule has 1 rings (SSSR count). The number of hydrogen-bond donors (Lipinski definition) is 0. The Morgan fingerprint density at radius 1 is 1.75 bits per heavy atom. The molecule has 0 aromatic heterocycles. The van der Waals surface area contributed by atoms with Crippen LogP contribution >= 0.6 is 7.44 Å². The lowest BCUT2D eigenvalue weighted by Crippen LogP contribution is -2.19. The topological polar surface area (TPSA) is 23.6 Å². The lowest BCUT2D eigenvalue weighted by atomic mass is 10.3. The van der Waals surface area contributed by atoms with Crippen molar-refractivity contribution in [2.75, 3.05) is 27.7 Å². The second-order valence-corrected chi connectivity index (χ2v) is 5.97. The van der Waals surface area contributed by atoms with Gasteiger partial charge in [-0.25, -0.2) is 9.34 Å². The summed E-state index contributed by atoms with van der Waals surface area (Å²) in [6.07, 6.45) is 5.23. The Morgan fingerprint density at radius 2 is 2.33 bits per heavy atom. The predicted molar refractivity (Wildman–Crippen MR) is 50.8 cm³/mol. The van der Waals surface area contributed by atoms with Crippen LogP contribution in [0.4, 0.5) is 0 Å². The number of rotatable bonds is 1. The maximum Gasteiger partial charge on any atom is 0.239 e. The molecule has 1 unspecified atom stereocenters. The van der Waals surface area contributed by atoms with E-state index in [-0.39, 0.29) is 0 Å². The Balaban J connectivity index is 3.02. The van der Waals surface area contributed by atoms with Gasteiger partial charge in [-0.1, -0.05) is 5.92 Å². The first kappa shape index (κ1) is 9.54. The molecule has 4 heteroatoms. The van der Waals surface area contributed by atoms with Crippen molar-refractivity contribution in [2.24, 2.45) is 0 Å². The van der Waals surface area contributed by atoms with Crippen molar-refractivity contribution in [3.8, 4) is 12.3 Å². The minimum atomic E-state index is -2.44. The Morgan fingerprint density at radius 3 is 2.58 bits per heavy atom. The maximum absolute atomic E-state index is 12.1. The van der Waals surface area contributed by atoms with Gasteiger partial charge in [0.25, 0.3) is 0 Å². The van der Waals surface area contributed by atoms with Crippen molar-refractivity contribution in [1.82, 2.24) is 9.34 Å². The standard InChI is InChI=1S/C8H13N2OP/c1-5-8-6-10(4)12(11,7-8)9(2)3/h1,7H,6H2,2-4H3. The van der Waals surface area contributed by atoms with Gasteiger partial charge in [-0.2, -0.15) is 0 Å². The Bertz CT molecular complexity index is 301. The average molecular weight is 184 g/mol. The first-order valence-electron chi connectivity index (χ1n) is 3.68. The summed E-state index contributed by atoms with van der Waals surface area (Å²) in [5.74, 6) is 4.23. The summed E-state index contributed by atoms with van der Waals surface area (Å²) in [7, 11) is 2.98. The molecular formula is C8H13N2OP. The van der Waals surface area contributed by atoms with Gasteiger partial charge < -0.3 is 0 Å². The molecule has 0 amide bonds. The Labute approximate surface area is 73.5 Å². The molecule has 0 radical (unpaired) electrons. The van der Waals surface area contributed by atoms with Crippen molar-refractivity contribution in [2.45, 2.75) is 0 Å². The number of nitrogens with zero attached hydrogens (tertiary/aromatic N) is 2. The SMILES string of the molecule is C#CC1=CP(=O)(N(C)C)N(C)C1. The highest BCUT2D eigenvalue weighted by atomic mass is 31.2. The highest BCUT2D eigenvalue weighted by molar-refractivity contribution is 7.62. The quantitative estimate of drug-likeness (QED) is 0.452. The highest BCUT2D eigenvalue weighted by Gasteiger charge is 2.33. The highest BCUT2D eigenvalue weighted by Crippen LogP contribution is 2.56. The fraction of sp³-hybridized carbons (Fsp3) is 0.500. The van der Waals surface area contributed by atoms with Crippen molar-refractivity contribution in [3.05, 3.63) is 11.4 Å². The molecule has 66 valence electrons. The van der Waals surface area contributed by atoms with Crippen LogP contribution in [0.2, 0.25) is 0 Å². The summed E-state index contributed by atoms with van der Waals surface area (Å²) >= 11 is 0. The lowest BCUT2D eigenvalue weighted by Gasteiger charge is -2.25. The van der Waals surface area contributed by atoms with Crippen LogP contribution in [0, 0.1) is 12.3 Å². The zero-order valence-corrected chi connectivity index (χ0v) is 8.51. The first-order valence-corrected chi connectivity index (χ1v) is 5.36. The van der Waals surface area contributed by atoms with Crippen LogP contribution in [0.25, 0.3) is 0 Å². The summed E-state index contributed by atoms with van der Waals surface area (Å²) in [6, 6.07) is 0. The molecule has 0 N–H and O–H groups in total. The molecule has 0 fully saturated rings. The van der Waals surface area contributed by atoms with Crippen LogP contribution < -0.4 is 0 Å². The maximum atomic E-state index is 12.1. The summed E-state index contributed by atoms with van der Waals surface area (Å²) in [4.78, 5) is 0. The van der Waals surface area contributed by atoms with Crippen LogP contribution in [-0.4, -0.2) is 37.0 Å².